The number of para-hydroxylation sites is 2. The molecule has 1 amide bonds. The number of aromatic amines is 1. The third-order valence-electron chi connectivity index (χ3n) is 4.12. The van der Waals surface area contributed by atoms with Crippen LogP contribution in [0.3, 0.4) is 0 Å². The number of aromatic nitrogens is 1. The van der Waals surface area contributed by atoms with E-state index in [1.165, 1.54) is 0 Å². The van der Waals surface area contributed by atoms with Crippen molar-refractivity contribution in [2.75, 3.05) is 11.9 Å². The van der Waals surface area contributed by atoms with Gasteiger partial charge in [-0.1, -0.05) is 18.2 Å². The molecule has 126 valence electrons. The van der Waals surface area contributed by atoms with E-state index in [9.17, 15) is 9.59 Å². The minimum absolute atomic E-state index is 0.145. The van der Waals surface area contributed by atoms with Crippen molar-refractivity contribution in [1.29, 1.82) is 0 Å². The molecule has 2 aromatic carbocycles. The maximum absolute atomic E-state index is 12.5. The lowest BCUT2D eigenvalue weighted by atomic mass is 10.1. The standard InChI is InChI=1S/C19H16N2O4/c1-11-8-18(22)21-14-9-12(6-7-13(11)14)20-19(23)17-10-24-15-4-2-3-5-16(15)25-17/h2-9,17H,10H2,1H3,(H,20,23)(H,21,22)/t17-/m0/s1. The highest BCUT2D eigenvalue weighted by Crippen LogP contribution is 2.31. The Morgan fingerprint density at radius 2 is 1.96 bits per heavy atom. The van der Waals surface area contributed by atoms with Crippen molar-refractivity contribution in [2.24, 2.45) is 0 Å². The molecule has 0 fully saturated rings. The van der Waals surface area contributed by atoms with Crippen LogP contribution in [0.5, 0.6) is 11.5 Å². The number of hydrogen-bond donors (Lipinski definition) is 2. The molecule has 3 aromatic rings. The monoisotopic (exact) mass is 336 g/mol. The van der Waals surface area contributed by atoms with Gasteiger partial charge in [-0.15, -0.1) is 0 Å². The third kappa shape index (κ3) is 2.94. The van der Waals surface area contributed by atoms with Crippen LogP contribution in [0.15, 0.2) is 53.3 Å². The lowest BCUT2D eigenvalue weighted by Gasteiger charge is -2.25. The van der Waals surface area contributed by atoms with Gasteiger partial charge in [0, 0.05) is 17.1 Å². The van der Waals surface area contributed by atoms with Gasteiger partial charge in [-0.05, 0) is 36.8 Å². The molecule has 2 N–H and O–H groups in total. The lowest BCUT2D eigenvalue weighted by Crippen LogP contribution is -2.40. The summed E-state index contributed by atoms with van der Waals surface area (Å²) in [6.07, 6.45) is -0.734. The molecule has 0 aliphatic carbocycles. The third-order valence-corrected chi connectivity index (χ3v) is 4.12. The fourth-order valence-electron chi connectivity index (χ4n) is 2.88. The van der Waals surface area contributed by atoms with Crippen LogP contribution in [0.2, 0.25) is 0 Å². The number of fused-ring (bicyclic) bond motifs is 2. The molecule has 6 heteroatoms. The summed E-state index contributed by atoms with van der Waals surface area (Å²) in [6, 6.07) is 14.2. The Bertz CT molecular complexity index is 1030. The summed E-state index contributed by atoms with van der Waals surface area (Å²) in [4.78, 5) is 26.9. The Kier molecular flexibility index (Phi) is 3.65. The van der Waals surface area contributed by atoms with E-state index in [4.69, 9.17) is 9.47 Å². The van der Waals surface area contributed by atoms with Gasteiger partial charge >= 0.3 is 0 Å². The molecule has 1 aliphatic heterocycles. The van der Waals surface area contributed by atoms with E-state index in [0.717, 1.165) is 10.9 Å². The van der Waals surface area contributed by atoms with Gasteiger partial charge in [-0.3, -0.25) is 9.59 Å². The average Bonchev–Trinajstić information content (AvgIpc) is 2.60. The van der Waals surface area contributed by atoms with Crippen LogP contribution in [-0.2, 0) is 4.79 Å². The van der Waals surface area contributed by atoms with Gasteiger partial charge in [0.1, 0.15) is 6.61 Å². The highest BCUT2D eigenvalue weighted by atomic mass is 16.6. The van der Waals surface area contributed by atoms with Crippen LogP contribution in [0, 0.1) is 6.92 Å². The second-order valence-corrected chi connectivity index (χ2v) is 5.93. The number of rotatable bonds is 2. The molecule has 0 bridgehead atoms. The first kappa shape index (κ1) is 15.3. The Balaban J connectivity index is 1.55. The van der Waals surface area contributed by atoms with E-state index in [2.05, 4.69) is 10.3 Å². The minimum Gasteiger partial charge on any atom is -0.485 e. The Hall–Kier alpha value is -3.28. The molecule has 1 aliphatic rings. The van der Waals surface area contributed by atoms with Crippen molar-refractivity contribution >= 4 is 22.5 Å². The summed E-state index contributed by atoms with van der Waals surface area (Å²) >= 11 is 0. The van der Waals surface area contributed by atoms with Crippen molar-refractivity contribution in [3.05, 3.63) is 64.4 Å². The van der Waals surface area contributed by atoms with Gasteiger partial charge in [0.15, 0.2) is 11.5 Å². The Labute approximate surface area is 143 Å². The number of aryl methyl sites for hydroxylation is 1. The molecule has 1 atom stereocenters. The van der Waals surface area contributed by atoms with Crippen LogP contribution in [0.4, 0.5) is 5.69 Å². The Morgan fingerprint density at radius 3 is 2.80 bits per heavy atom. The topological polar surface area (TPSA) is 80.4 Å². The number of pyridine rings is 1. The summed E-state index contributed by atoms with van der Waals surface area (Å²) in [5, 5.41) is 3.74. The van der Waals surface area contributed by atoms with Crippen molar-refractivity contribution < 1.29 is 14.3 Å². The summed E-state index contributed by atoms with van der Waals surface area (Å²) in [7, 11) is 0. The SMILES string of the molecule is Cc1cc(=O)[nH]c2cc(NC(=O)[C@@H]3COc4ccccc4O3)ccc12. The Morgan fingerprint density at radius 1 is 1.16 bits per heavy atom. The number of amides is 1. The number of carbonyl (C=O) groups is 1. The van der Waals surface area contributed by atoms with Crippen LogP contribution in [0.1, 0.15) is 5.56 Å². The highest BCUT2D eigenvalue weighted by Gasteiger charge is 2.27. The molecular formula is C19H16N2O4. The second kappa shape index (κ2) is 5.98. The predicted octanol–water partition coefficient (Wildman–Crippen LogP) is 2.62. The molecule has 0 saturated carbocycles. The number of anilines is 1. The fourth-order valence-corrected chi connectivity index (χ4v) is 2.88. The minimum atomic E-state index is -0.734. The van der Waals surface area contributed by atoms with E-state index >= 15 is 0 Å². The molecule has 4 rings (SSSR count). The maximum Gasteiger partial charge on any atom is 0.269 e. The molecule has 2 heterocycles. The molecular weight excluding hydrogens is 320 g/mol. The molecule has 0 radical (unpaired) electrons. The van der Waals surface area contributed by atoms with Crippen molar-refractivity contribution in [3.63, 3.8) is 0 Å². The number of ether oxygens (including phenoxy) is 2. The van der Waals surface area contributed by atoms with E-state index in [-0.39, 0.29) is 18.1 Å². The van der Waals surface area contributed by atoms with E-state index in [1.54, 1.807) is 30.3 Å². The summed E-state index contributed by atoms with van der Waals surface area (Å²) in [5.74, 6) is 0.876. The van der Waals surface area contributed by atoms with Gasteiger partial charge in [-0.2, -0.15) is 0 Å². The lowest BCUT2D eigenvalue weighted by molar-refractivity contribution is -0.125. The van der Waals surface area contributed by atoms with Crippen molar-refractivity contribution in [3.8, 4) is 11.5 Å². The number of nitrogens with one attached hydrogen (secondary N) is 2. The zero-order valence-electron chi connectivity index (χ0n) is 13.5. The summed E-state index contributed by atoms with van der Waals surface area (Å²) in [6.45, 7) is 2.02. The van der Waals surface area contributed by atoms with Crippen LogP contribution < -0.4 is 20.3 Å². The van der Waals surface area contributed by atoms with E-state index < -0.39 is 6.10 Å². The van der Waals surface area contributed by atoms with Gasteiger partial charge in [0.25, 0.3) is 5.91 Å². The number of hydrogen-bond acceptors (Lipinski definition) is 4. The molecule has 6 nitrogen and oxygen atoms in total. The zero-order valence-corrected chi connectivity index (χ0v) is 13.5. The van der Waals surface area contributed by atoms with Crippen molar-refractivity contribution in [1.82, 2.24) is 4.98 Å². The largest absolute Gasteiger partial charge is 0.485 e. The fraction of sp³-hybridized carbons (Fsp3) is 0.158. The molecule has 1 aromatic heterocycles. The van der Waals surface area contributed by atoms with Crippen LogP contribution >= 0.6 is 0 Å². The highest BCUT2D eigenvalue weighted by molar-refractivity contribution is 5.97. The first-order chi connectivity index (χ1) is 12.1. The van der Waals surface area contributed by atoms with E-state index in [1.807, 2.05) is 25.1 Å². The van der Waals surface area contributed by atoms with Crippen LogP contribution in [-0.4, -0.2) is 23.6 Å². The molecule has 0 saturated heterocycles. The van der Waals surface area contributed by atoms with Gasteiger partial charge in [0.2, 0.25) is 11.7 Å². The van der Waals surface area contributed by atoms with Gasteiger partial charge < -0.3 is 19.8 Å². The maximum atomic E-state index is 12.5. The molecule has 25 heavy (non-hydrogen) atoms. The predicted molar refractivity (Wildman–Crippen MR) is 94.3 cm³/mol. The smallest absolute Gasteiger partial charge is 0.269 e. The first-order valence-corrected chi connectivity index (χ1v) is 7.93. The first-order valence-electron chi connectivity index (χ1n) is 7.93. The van der Waals surface area contributed by atoms with Gasteiger partial charge in [0.05, 0.1) is 5.52 Å². The number of H-pyrrole nitrogens is 1. The summed E-state index contributed by atoms with van der Waals surface area (Å²) < 4.78 is 11.3. The zero-order chi connectivity index (χ0) is 17.4. The average molecular weight is 336 g/mol. The summed E-state index contributed by atoms with van der Waals surface area (Å²) in [5.41, 5.74) is 1.97. The molecule has 0 unspecified atom stereocenters. The van der Waals surface area contributed by atoms with Gasteiger partial charge in [-0.25, -0.2) is 0 Å². The number of benzene rings is 2. The van der Waals surface area contributed by atoms with E-state index in [0.29, 0.717) is 22.7 Å². The quantitative estimate of drug-likeness (QED) is 0.754. The van der Waals surface area contributed by atoms with Crippen molar-refractivity contribution in [2.45, 2.75) is 13.0 Å². The normalized spacial score (nSPS) is 15.8. The second-order valence-electron chi connectivity index (χ2n) is 5.93. The molecule has 0 spiro atoms. The number of carbonyl (C=O) groups excluding carboxylic acids is 1. The van der Waals surface area contributed by atoms with Crippen LogP contribution in [0.25, 0.3) is 10.9 Å².